The van der Waals surface area contributed by atoms with E-state index in [1.54, 1.807) is 25.1 Å². The Bertz CT molecular complexity index is 686. The molecular weight excluding hydrogens is 317 g/mol. The van der Waals surface area contributed by atoms with Crippen LogP contribution in [0.5, 0.6) is 0 Å². The number of nitrogens with zero attached hydrogens (tertiary/aromatic N) is 1. The van der Waals surface area contributed by atoms with E-state index in [9.17, 15) is 19.6 Å². The highest BCUT2D eigenvalue weighted by molar-refractivity contribution is 6.59. The maximum absolute atomic E-state index is 12.2. The van der Waals surface area contributed by atoms with Crippen molar-refractivity contribution >= 4 is 30.2 Å². The summed E-state index contributed by atoms with van der Waals surface area (Å²) in [6.45, 7) is 1.58. The zero-order chi connectivity index (χ0) is 17.9. The highest BCUT2D eigenvalue weighted by atomic mass is 16.5. The number of hydrogen-bond acceptors (Lipinski definition) is 8. The van der Waals surface area contributed by atoms with Gasteiger partial charge in [-0.25, -0.2) is 9.59 Å². The molecule has 0 bridgehead atoms. The van der Waals surface area contributed by atoms with Gasteiger partial charge in [-0.3, -0.25) is 0 Å². The van der Waals surface area contributed by atoms with Crippen molar-refractivity contribution in [2.75, 3.05) is 32.5 Å². The summed E-state index contributed by atoms with van der Waals surface area (Å²) in [6, 6.07) is 4.84. The van der Waals surface area contributed by atoms with E-state index in [0.717, 1.165) is 0 Å². The van der Waals surface area contributed by atoms with E-state index in [1.165, 1.54) is 19.1 Å². The first kappa shape index (κ1) is 18.0. The second kappa shape index (κ2) is 7.48. The van der Waals surface area contributed by atoms with Crippen molar-refractivity contribution in [2.45, 2.75) is 6.92 Å². The number of methoxy groups -OCH3 is 2. The zero-order valence-corrected chi connectivity index (χ0v) is 13.6. The molecule has 0 radical (unpaired) electrons. The highest BCUT2D eigenvalue weighted by Crippen LogP contribution is 2.28. The Morgan fingerprint density at radius 3 is 2.46 bits per heavy atom. The van der Waals surface area contributed by atoms with Crippen LogP contribution in [0.4, 0.5) is 5.69 Å². The van der Waals surface area contributed by atoms with Crippen LogP contribution in [0.2, 0.25) is 0 Å². The molecule has 0 aromatic heterocycles. The standard InChI is InChI=1S/C15H18BNO7/c1-9-11(16(20)21)5-4-6-12(9)17-8-24-7-10(14(18)22-2)13(17)15(19)23-3/h4-6,20-21H,7-8H2,1-3H3. The summed E-state index contributed by atoms with van der Waals surface area (Å²) in [4.78, 5) is 25.6. The molecule has 1 aliphatic heterocycles. The van der Waals surface area contributed by atoms with Crippen molar-refractivity contribution in [1.29, 1.82) is 0 Å². The number of carbonyl (C=O) groups excluding carboxylic acids is 2. The Morgan fingerprint density at radius 2 is 1.88 bits per heavy atom. The zero-order valence-electron chi connectivity index (χ0n) is 13.6. The summed E-state index contributed by atoms with van der Waals surface area (Å²) in [6.07, 6.45) is 0. The molecule has 1 aliphatic rings. The molecule has 128 valence electrons. The van der Waals surface area contributed by atoms with Crippen molar-refractivity contribution in [2.24, 2.45) is 0 Å². The van der Waals surface area contributed by atoms with Gasteiger partial charge in [-0.2, -0.15) is 0 Å². The van der Waals surface area contributed by atoms with Gasteiger partial charge in [0.05, 0.1) is 26.4 Å². The van der Waals surface area contributed by atoms with Crippen LogP contribution in [0.3, 0.4) is 0 Å². The number of carbonyl (C=O) groups is 2. The molecule has 1 aromatic carbocycles. The fourth-order valence-corrected chi connectivity index (χ4v) is 2.55. The van der Waals surface area contributed by atoms with Crippen LogP contribution >= 0.6 is 0 Å². The minimum atomic E-state index is -1.67. The molecule has 9 heteroatoms. The lowest BCUT2D eigenvalue weighted by Gasteiger charge is -2.32. The smallest absolute Gasteiger partial charge is 0.466 e. The van der Waals surface area contributed by atoms with Crippen molar-refractivity contribution in [3.8, 4) is 0 Å². The SMILES string of the molecule is COC(=O)C1=C(C(=O)OC)N(c2cccc(B(O)O)c2C)COC1. The maximum Gasteiger partial charge on any atom is 0.488 e. The number of hydrogen-bond donors (Lipinski definition) is 2. The van der Waals surface area contributed by atoms with Crippen LogP contribution in [0.1, 0.15) is 5.56 Å². The number of anilines is 1. The highest BCUT2D eigenvalue weighted by Gasteiger charge is 2.33. The van der Waals surface area contributed by atoms with E-state index in [1.807, 2.05) is 0 Å². The molecule has 2 N–H and O–H groups in total. The summed E-state index contributed by atoms with van der Waals surface area (Å²) in [5.74, 6) is -1.41. The molecule has 0 saturated heterocycles. The second-order valence-corrected chi connectivity index (χ2v) is 5.08. The van der Waals surface area contributed by atoms with Gasteiger partial charge in [-0.1, -0.05) is 12.1 Å². The van der Waals surface area contributed by atoms with Crippen LogP contribution < -0.4 is 10.4 Å². The summed E-state index contributed by atoms with van der Waals surface area (Å²) in [5.41, 5.74) is 1.33. The first-order valence-electron chi connectivity index (χ1n) is 7.13. The molecule has 24 heavy (non-hydrogen) atoms. The molecule has 8 nitrogen and oxygen atoms in total. The van der Waals surface area contributed by atoms with Gasteiger partial charge < -0.3 is 29.2 Å². The lowest BCUT2D eigenvalue weighted by molar-refractivity contribution is -0.140. The van der Waals surface area contributed by atoms with Gasteiger partial charge in [-0.15, -0.1) is 0 Å². The van der Waals surface area contributed by atoms with Crippen LogP contribution in [0, 0.1) is 6.92 Å². The Kier molecular flexibility index (Phi) is 5.60. The third kappa shape index (κ3) is 3.28. The summed E-state index contributed by atoms with van der Waals surface area (Å²) in [7, 11) is 0.747. The Morgan fingerprint density at radius 1 is 1.21 bits per heavy atom. The lowest BCUT2D eigenvalue weighted by atomic mass is 9.77. The van der Waals surface area contributed by atoms with E-state index >= 15 is 0 Å². The van der Waals surface area contributed by atoms with Gasteiger partial charge in [0.15, 0.2) is 0 Å². The van der Waals surface area contributed by atoms with Gasteiger partial charge in [-0.05, 0) is 24.0 Å². The van der Waals surface area contributed by atoms with Gasteiger partial charge in [0, 0.05) is 5.69 Å². The minimum Gasteiger partial charge on any atom is -0.466 e. The maximum atomic E-state index is 12.2. The van der Waals surface area contributed by atoms with Crippen molar-refractivity contribution in [3.63, 3.8) is 0 Å². The monoisotopic (exact) mass is 335 g/mol. The third-order valence-corrected chi connectivity index (χ3v) is 3.75. The normalized spacial score (nSPS) is 14.5. The predicted molar refractivity (Wildman–Crippen MR) is 85.4 cm³/mol. The minimum absolute atomic E-state index is 0.00304. The average molecular weight is 335 g/mol. The van der Waals surface area contributed by atoms with Gasteiger partial charge in [0.1, 0.15) is 12.4 Å². The summed E-state index contributed by atoms with van der Waals surface area (Å²) in [5, 5.41) is 18.9. The quantitative estimate of drug-likeness (QED) is 0.537. The van der Waals surface area contributed by atoms with Crippen molar-refractivity contribution in [3.05, 3.63) is 35.0 Å². The average Bonchev–Trinajstić information content (AvgIpc) is 2.59. The van der Waals surface area contributed by atoms with Crippen molar-refractivity contribution in [1.82, 2.24) is 0 Å². The number of ether oxygens (including phenoxy) is 3. The van der Waals surface area contributed by atoms with E-state index in [4.69, 9.17) is 14.2 Å². The van der Waals surface area contributed by atoms with Crippen LogP contribution in [-0.2, 0) is 23.8 Å². The lowest BCUT2D eigenvalue weighted by Crippen LogP contribution is -2.40. The van der Waals surface area contributed by atoms with E-state index in [-0.39, 0.29) is 30.1 Å². The first-order valence-corrected chi connectivity index (χ1v) is 7.13. The number of rotatable bonds is 4. The van der Waals surface area contributed by atoms with Gasteiger partial charge >= 0.3 is 19.1 Å². The Labute approximate surface area is 139 Å². The molecule has 0 unspecified atom stereocenters. The van der Waals surface area contributed by atoms with E-state index in [2.05, 4.69) is 0 Å². The number of benzene rings is 1. The van der Waals surface area contributed by atoms with Gasteiger partial charge in [0.25, 0.3) is 0 Å². The second-order valence-electron chi connectivity index (χ2n) is 5.08. The molecular formula is C15H18BNO7. The van der Waals surface area contributed by atoms with Crippen LogP contribution in [-0.4, -0.2) is 56.7 Å². The molecule has 0 spiro atoms. The largest absolute Gasteiger partial charge is 0.488 e. The van der Waals surface area contributed by atoms with E-state index in [0.29, 0.717) is 11.3 Å². The fourth-order valence-electron chi connectivity index (χ4n) is 2.55. The molecule has 2 rings (SSSR count). The molecule has 1 heterocycles. The number of esters is 2. The molecule has 0 atom stereocenters. The Hall–Kier alpha value is -2.36. The van der Waals surface area contributed by atoms with Gasteiger partial charge in [0.2, 0.25) is 0 Å². The van der Waals surface area contributed by atoms with E-state index < -0.39 is 19.1 Å². The fraction of sp³-hybridized carbons (Fsp3) is 0.333. The van der Waals surface area contributed by atoms with Crippen LogP contribution in [0.15, 0.2) is 29.5 Å². The molecule has 0 aliphatic carbocycles. The third-order valence-electron chi connectivity index (χ3n) is 3.75. The topological polar surface area (TPSA) is 106 Å². The summed E-state index contributed by atoms with van der Waals surface area (Å²) >= 11 is 0. The van der Waals surface area contributed by atoms with Crippen molar-refractivity contribution < 1.29 is 33.8 Å². The molecule has 0 fully saturated rings. The Balaban J connectivity index is 2.62. The molecule has 0 amide bonds. The van der Waals surface area contributed by atoms with Crippen LogP contribution in [0.25, 0.3) is 0 Å². The summed E-state index contributed by atoms with van der Waals surface area (Å²) < 4.78 is 14.9. The molecule has 1 aromatic rings. The molecule has 0 saturated carbocycles. The first-order chi connectivity index (χ1) is 11.4. The predicted octanol–water partition coefficient (Wildman–Crippen LogP) is -0.931.